The van der Waals surface area contributed by atoms with Gasteiger partial charge in [0.1, 0.15) is 0 Å². The van der Waals surface area contributed by atoms with Crippen molar-refractivity contribution in [3.05, 3.63) is 35.9 Å². The monoisotopic (exact) mass is 372 g/mol. The highest BCUT2D eigenvalue weighted by Gasteiger charge is 2.35. The molecule has 1 aliphatic heterocycles. The van der Waals surface area contributed by atoms with E-state index in [0.717, 1.165) is 24.9 Å². The molecule has 2 aliphatic rings. The Morgan fingerprint density at radius 1 is 1.07 bits per heavy atom. The van der Waals surface area contributed by atoms with Crippen LogP contribution in [-0.2, 0) is 9.59 Å². The highest BCUT2D eigenvalue weighted by molar-refractivity contribution is 5.79. The molecule has 27 heavy (non-hydrogen) atoms. The van der Waals surface area contributed by atoms with Crippen LogP contribution in [0.5, 0.6) is 0 Å². The van der Waals surface area contributed by atoms with Gasteiger partial charge in [-0.1, -0.05) is 43.2 Å². The van der Waals surface area contributed by atoms with Crippen molar-refractivity contribution < 1.29 is 14.7 Å². The zero-order chi connectivity index (χ0) is 19.1. The molecule has 5 heteroatoms. The Morgan fingerprint density at radius 2 is 1.81 bits per heavy atom. The second kappa shape index (κ2) is 9.88. The van der Waals surface area contributed by atoms with Crippen LogP contribution in [0.15, 0.2) is 30.3 Å². The third-order valence-electron chi connectivity index (χ3n) is 6.03. The maximum Gasteiger partial charge on any atom is 0.222 e. The molecule has 3 atom stereocenters. The minimum absolute atomic E-state index is 0.105. The number of nitrogens with one attached hydrogen (secondary N) is 1. The molecule has 5 nitrogen and oxygen atoms in total. The Kier molecular flexibility index (Phi) is 7.27. The zero-order valence-electron chi connectivity index (χ0n) is 16.1. The van der Waals surface area contributed by atoms with Gasteiger partial charge in [0, 0.05) is 32.0 Å². The van der Waals surface area contributed by atoms with Gasteiger partial charge in [0.05, 0.1) is 6.10 Å². The van der Waals surface area contributed by atoms with E-state index >= 15 is 0 Å². The van der Waals surface area contributed by atoms with Crippen LogP contribution < -0.4 is 5.32 Å². The molecular weight excluding hydrogens is 340 g/mol. The SMILES string of the molecule is O=C(CCCC(=O)N1CCCC2CCCCC21)NCC(O)c1ccccc1. The Bertz CT molecular complexity index is 617. The molecule has 0 radical (unpaired) electrons. The van der Waals surface area contributed by atoms with Crippen LogP contribution in [0.3, 0.4) is 0 Å². The molecule has 2 amide bonds. The first kappa shape index (κ1) is 19.9. The quantitative estimate of drug-likeness (QED) is 0.772. The van der Waals surface area contributed by atoms with Gasteiger partial charge in [-0.3, -0.25) is 9.59 Å². The summed E-state index contributed by atoms with van der Waals surface area (Å²) in [5, 5.41) is 12.9. The molecule has 1 saturated heterocycles. The number of aliphatic hydroxyl groups excluding tert-OH is 1. The van der Waals surface area contributed by atoms with Gasteiger partial charge < -0.3 is 15.3 Å². The molecule has 3 unspecified atom stereocenters. The lowest BCUT2D eigenvalue weighted by atomic mass is 9.78. The van der Waals surface area contributed by atoms with Crippen LogP contribution in [0.2, 0.25) is 0 Å². The molecule has 2 N–H and O–H groups in total. The molecule has 3 rings (SSSR count). The van der Waals surface area contributed by atoms with Crippen molar-refractivity contribution >= 4 is 11.8 Å². The van der Waals surface area contributed by atoms with Gasteiger partial charge >= 0.3 is 0 Å². The summed E-state index contributed by atoms with van der Waals surface area (Å²) < 4.78 is 0. The first-order valence-corrected chi connectivity index (χ1v) is 10.4. The molecule has 1 aliphatic carbocycles. The van der Waals surface area contributed by atoms with Gasteiger partial charge in [-0.25, -0.2) is 0 Å². The van der Waals surface area contributed by atoms with Crippen molar-refractivity contribution in [2.24, 2.45) is 5.92 Å². The normalized spacial score (nSPS) is 23.4. The molecular formula is C22H32N2O3. The lowest BCUT2D eigenvalue weighted by Crippen LogP contribution is -2.49. The van der Waals surface area contributed by atoms with Gasteiger partial charge in [0.15, 0.2) is 0 Å². The minimum atomic E-state index is -0.701. The van der Waals surface area contributed by atoms with Crippen molar-refractivity contribution in [3.8, 4) is 0 Å². The van der Waals surface area contributed by atoms with E-state index in [2.05, 4.69) is 10.2 Å². The third-order valence-corrected chi connectivity index (χ3v) is 6.03. The summed E-state index contributed by atoms with van der Waals surface area (Å²) in [4.78, 5) is 26.8. The van der Waals surface area contributed by atoms with E-state index in [0.29, 0.717) is 31.2 Å². The van der Waals surface area contributed by atoms with Gasteiger partial charge in [-0.2, -0.15) is 0 Å². The van der Waals surface area contributed by atoms with Crippen LogP contribution >= 0.6 is 0 Å². The third kappa shape index (κ3) is 5.55. The van der Waals surface area contributed by atoms with E-state index in [4.69, 9.17) is 0 Å². The number of amides is 2. The highest BCUT2D eigenvalue weighted by Crippen LogP contribution is 2.35. The molecule has 1 aromatic rings. The molecule has 1 heterocycles. The number of aliphatic hydroxyl groups is 1. The lowest BCUT2D eigenvalue weighted by Gasteiger charge is -2.44. The predicted octanol–water partition coefficient (Wildman–Crippen LogP) is 3.19. The number of fused-ring (bicyclic) bond motifs is 1. The van der Waals surface area contributed by atoms with Crippen molar-refractivity contribution in [1.29, 1.82) is 0 Å². The molecule has 0 bridgehead atoms. The van der Waals surface area contributed by atoms with Crippen LogP contribution in [0, 0.1) is 5.92 Å². The summed E-state index contributed by atoms with van der Waals surface area (Å²) in [7, 11) is 0. The summed E-state index contributed by atoms with van der Waals surface area (Å²) in [6.45, 7) is 1.09. The topological polar surface area (TPSA) is 69.6 Å². The molecule has 0 spiro atoms. The zero-order valence-corrected chi connectivity index (χ0v) is 16.1. The smallest absolute Gasteiger partial charge is 0.222 e. The van der Waals surface area contributed by atoms with Crippen LogP contribution in [0.1, 0.15) is 69.5 Å². The molecule has 0 aromatic heterocycles. The second-order valence-corrected chi connectivity index (χ2v) is 7.93. The van der Waals surface area contributed by atoms with Crippen LogP contribution in [-0.4, -0.2) is 41.0 Å². The van der Waals surface area contributed by atoms with Gasteiger partial charge in [-0.15, -0.1) is 0 Å². The summed E-state index contributed by atoms with van der Waals surface area (Å²) in [5.41, 5.74) is 0.792. The van der Waals surface area contributed by atoms with Crippen molar-refractivity contribution in [2.45, 2.75) is 69.9 Å². The largest absolute Gasteiger partial charge is 0.387 e. The number of nitrogens with zero attached hydrogens (tertiary/aromatic N) is 1. The maximum atomic E-state index is 12.6. The van der Waals surface area contributed by atoms with E-state index in [1.807, 2.05) is 30.3 Å². The first-order chi connectivity index (χ1) is 13.1. The van der Waals surface area contributed by atoms with Gasteiger partial charge in [0.25, 0.3) is 0 Å². The standard InChI is InChI=1S/C22H32N2O3/c25-20(18-9-2-1-3-10-18)16-23-21(26)13-6-14-22(27)24-15-7-11-17-8-4-5-12-19(17)24/h1-3,9-10,17,19-20,25H,4-8,11-16H2,(H,23,26). The van der Waals surface area contributed by atoms with E-state index in [1.54, 1.807) is 0 Å². The van der Waals surface area contributed by atoms with Crippen molar-refractivity contribution in [3.63, 3.8) is 0 Å². The van der Waals surface area contributed by atoms with E-state index in [9.17, 15) is 14.7 Å². The summed E-state index contributed by atoms with van der Waals surface area (Å²) in [6, 6.07) is 9.74. The molecule has 1 saturated carbocycles. The summed E-state index contributed by atoms with van der Waals surface area (Å²) >= 11 is 0. The highest BCUT2D eigenvalue weighted by atomic mass is 16.3. The minimum Gasteiger partial charge on any atom is -0.387 e. The Balaban J connectivity index is 1.36. The fourth-order valence-corrected chi connectivity index (χ4v) is 4.57. The van der Waals surface area contributed by atoms with Crippen molar-refractivity contribution in [1.82, 2.24) is 10.2 Å². The Labute approximate surface area is 162 Å². The fraction of sp³-hybridized carbons (Fsp3) is 0.636. The fourth-order valence-electron chi connectivity index (χ4n) is 4.57. The number of piperidine rings is 1. The Hall–Kier alpha value is -1.88. The Morgan fingerprint density at radius 3 is 2.63 bits per heavy atom. The summed E-state index contributed by atoms with van der Waals surface area (Å²) in [6.07, 6.45) is 7.97. The molecule has 2 fully saturated rings. The average Bonchev–Trinajstić information content (AvgIpc) is 2.72. The van der Waals surface area contributed by atoms with E-state index in [-0.39, 0.29) is 18.4 Å². The number of rotatable bonds is 7. The lowest BCUT2D eigenvalue weighted by molar-refractivity contribution is -0.137. The molecule has 1 aromatic carbocycles. The number of carbonyl (C=O) groups excluding carboxylic acids is 2. The number of likely N-dealkylation sites (tertiary alicyclic amines) is 1. The average molecular weight is 373 g/mol. The molecule has 148 valence electrons. The van der Waals surface area contributed by atoms with Crippen LogP contribution in [0.25, 0.3) is 0 Å². The van der Waals surface area contributed by atoms with Gasteiger partial charge in [-0.05, 0) is 43.6 Å². The number of hydrogen-bond acceptors (Lipinski definition) is 3. The number of benzene rings is 1. The number of hydrogen-bond donors (Lipinski definition) is 2. The summed E-state index contributed by atoms with van der Waals surface area (Å²) in [5.74, 6) is 0.801. The van der Waals surface area contributed by atoms with E-state index in [1.165, 1.54) is 25.7 Å². The predicted molar refractivity (Wildman–Crippen MR) is 105 cm³/mol. The van der Waals surface area contributed by atoms with E-state index < -0.39 is 6.10 Å². The van der Waals surface area contributed by atoms with Gasteiger partial charge in [0.2, 0.25) is 11.8 Å². The maximum absolute atomic E-state index is 12.6. The first-order valence-electron chi connectivity index (χ1n) is 10.4. The second-order valence-electron chi connectivity index (χ2n) is 7.93. The van der Waals surface area contributed by atoms with Crippen molar-refractivity contribution in [2.75, 3.05) is 13.1 Å². The van der Waals surface area contributed by atoms with Crippen LogP contribution in [0.4, 0.5) is 0 Å². The number of carbonyl (C=O) groups is 2.